The number of carbonyl (C=O) groups excluding carboxylic acids is 1. The molecule has 35 heavy (non-hydrogen) atoms. The molecular formula is C26H44O9. The minimum Gasteiger partial charge on any atom is -0.481 e. The Morgan fingerprint density at radius 3 is 2.34 bits per heavy atom. The molecule has 2 aliphatic heterocycles. The molecule has 0 bridgehead atoms. The molecule has 0 aromatic carbocycles. The summed E-state index contributed by atoms with van der Waals surface area (Å²) in [7, 11) is 0. The zero-order chi connectivity index (χ0) is 26.0. The van der Waals surface area contributed by atoms with Crippen LogP contribution >= 0.6 is 0 Å². The van der Waals surface area contributed by atoms with Crippen molar-refractivity contribution >= 4 is 11.9 Å². The van der Waals surface area contributed by atoms with Gasteiger partial charge in [-0.25, -0.2) is 4.79 Å². The molecule has 2 saturated heterocycles. The van der Waals surface area contributed by atoms with Crippen LogP contribution in [0.5, 0.6) is 0 Å². The molecule has 0 aromatic heterocycles. The summed E-state index contributed by atoms with van der Waals surface area (Å²) in [5.41, 5.74) is 0.708. The lowest BCUT2D eigenvalue weighted by atomic mass is 9.85. The molecule has 4 N–H and O–H groups in total. The van der Waals surface area contributed by atoms with Crippen LogP contribution in [-0.4, -0.2) is 82.2 Å². The van der Waals surface area contributed by atoms with E-state index in [2.05, 4.69) is 0 Å². The van der Waals surface area contributed by atoms with Gasteiger partial charge >= 0.3 is 11.9 Å². The van der Waals surface area contributed by atoms with Gasteiger partial charge in [0, 0.05) is 24.3 Å². The molecule has 9 heteroatoms. The lowest BCUT2D eigenvalue weighted by Crippen LogP contribution is -2.50. The van der Waals surface area contributed by atoms with Gasteiger partial charge in [0.25, 0.3) is 0 Å². The van der Waals surface area contributed by atoms with E-state index >= 15 is 0 Å². The first kappa shape index (κ1) is 29.7. The number of epoxide rings is 1. The van der Waals surface area contributed by atoms with Gasteiger partial charge in [-0.15, -0.1) is 0 Å². The summed E-state index contributed by atoms with van der Waals surface area (Å²) in [6, 6.07) is 0. The van der Waals surface area contributed by atoms with E-state index in [4.69, 9.17) is 19.3 Å². The maximum absolute atomic E-state index is 12.1. The Hall–Kier alpha value is -1.52. The number of hydrogen-bond acceptors (Lipinski definition) is 8. The van der Waals surface area contributed by atoms with Crippen LogP contribution in [0.3, 0.4) is 0 Å². The first-order valence-corrected chi connectivity index (χ1v) is 13.0. The van der Waals surface area contributed by atoms with Crippen LogP contribution in [0.4, 0.5) is 0 Å². The SMILES string of the molecule is C/C(=C\C(=O)OCCCCCCCCC(=O)O)CC1OC[C@H](C[C@@H]2O[C@H]2[C@@H](C)C(C)O)C(O)C1O. The van der Waals surface area contributed by atoms with E-state index in [0.717, 1.165) is 32.1 Å². The van der Waals surface area contributed by atoms with E-state index in [9.17, 15) is 24.9 Å². The van der Waals surface area contributed by atoms with Gasteiger partial charge in [0.2, 0.25) is 0 Å². The van der Waals surface area contributed by atoms with Crippen molar-refractivity contribution in [2.45, 2.75) is 115 Å². The van der Waals surface area contributed by atoms with Crippen LogP contribution in [0.25, 0.3) is 0 Å². The largest absolute Gasteiger partial charge is 0.481 e. The van der Waals surface area contributed by atoms with E-state index in [-0.39, 0.29) is 30.5 Å². The zero-order valence-electron chi connectivity index (χ0n) is 21.3. The Morgan fingerprint density at radius 2 is 1.69 bits per heavy atom. The number of esters is 1. The normalized spacial score (nSPS) is 30.5. The lowest BCUT2D eigenvalue weighted by Gasteiger charge is -2.38. The molecule has 4 unspecified atom stereocenters. The summed E-state index contributed by atoms with van der Waals surface area (Å²) in [6.45, 7) is 6.07. The Balaban J connectivity index is 1.62. The number of ether oxygens (including phenoxy) is 3. The molecule has 0 amide bonds. The molecule has 0 radical (unpaired) electrons. The second-order valence-corrected chi connectivity index (χ2v) is 10.2. The highest BCUT2D eigenvalue weighted by atomic mass is 16.6. The number of aliphatic hydroxyl groups is 3. The van der Waals surface area contributed by atoms with Crippen molar-refractivity contribution in [2.24, 2.45) is 11.8 Å². The second kappa shape index (κ2) is 14.9. The minimum absolute atomic E-state index is 0.0160. The monoisotopic (exact) mass is 500 g/mol. The third-order valence-corrected chi connectivity index (χ3v) is 7.09. The summed E-state index contributed by atoms with van der Waals surface area (Å²) < 4.78 is 16.7. The average molecular weight is 501 g/mol. The zero-order valence-corrected chi connectivity index (χ0v) is 21.3. The van der Waals surface area contributed by atoms with E-state index in [1.165, 1.54) is 6.08 Å². The fraction of sp³-hybridized carbons (Fsp3) is 0.846. The van der Waals surface area contributed by atoms with Crippen LogP contribution in [0.1, 0.15) is 78.6 Å². The fourth-order valence-electron chi connectivity index (χ4n) is 4.59. The molecule has 9 nitrogen and oxygen atoms in total. The number of carboxylic acids is 1. The quantitative estimate of drug-likeness (QED) is 0.109. The number of aliphatic hydroxyl groups excluding tert-OH is 3. The molecule has 0 aromatic rings. The molecule has 8 atom stereocenters. The van der Waals surface area contributed by atoms with Gasteiger partial charge in [-0.1, -0.05) is 38.2 Å². The van der Waals surface area contributed by atoms with Crippen LogP contribution in [-0.2, 0) is 23.8 Å². The Kier molecular flexibility index (Phi) is 12.6. The molecule has 2 rings (SSSR count). The van der Waals surface area contributed by atoms with Crippen LogP contribution in [0, 0.1) is 11.8 Å². The predicted octanol–water partition coefficient (Wildman–Crippen LogP) is 2.59. The van der Waals surface area contributed by atoms with Gasteiger partial charge in [-0.3, -0.25) is 4.79 Å². The molecule has 2 fully saturated rings. The molecule has 0 spiro atoms. The van der Waals surface area contributed by atoms with Crippen molar-refractivity contribution < 1.29 is 44.2 Å². The number of carbonyl (C=O) groups is 2. The third kappa shape index (κ3) is 10.6. The summed E-state index contributed by atoms with van der Waals surface area (Å²) in [4.78, 5) is 22.5. The van der Waals surface area contributed by atoms with Gasteiger partial charge < -0.3 is 34.6 Å². The number of aliphatic carboxylic acids is 1. The number of hydrogen-bond donors (Lipinski definition) is 4. The van der Waals surface area contributed by atoms with E-state index in [0.29, 0.717) is 38.0 Å². The van der Waals surface area contributed by atoms with Crippen molar-refractivity contribution in [1.82, 2.24) is 0 Å². The third-order valence-electron chi connectivity index (χ3n) is 7.09. The summed E-state index contributed by atoms with van der Waals surface area (Å²) >= 11 is 0. The molecule has 2 heterocycles. The smallest absolute Gasteiger partial charge is 0.330 e. The maximum atomic E-state index is 12.1. The molecular weight excluding hydrogens is 456 g/mol. The van der Waals surface area contributed by atoms with Crippen molar-refractivity contribution in [1.29, 1.82) is 0 Å². The highest BCUT2D eigenvalue weighted by Gasteiger charge is 2.48. The van der Waals surface area contributed by atoms with Gasteiger partial charge in [0.1, 0.15) is 6.10 Å². The highest BCUT2D eigenvalue weighted by molar-refractivity contribution is 5.82. The lowest BCUT2D eigenvalue weighted by molar-refractivity contribution is -0.165. The highest BCUT2D eigenvalue weighted by Crippen LogP contribution is 2.38. The number of rotatable bonds is 16. The van der Waals surface area contributed by atoms with Crippen molar-refractivity contribution in [2.75, 3.05) is 13.2 Å². The first-order valence-electron chi connectivity index (χ1n) is 13.0. The molecule has 0 aliphatic carbocycles. The minimum atomic E-state index is -1.06. The summed E-state index contributed by atoms with van der Waals surface area (Å²) in [5.74, 6) is -1.42. The fourth-order valence-corrected chi connectivity index (χ4v) is 4.59. The standard InChI is InChI=1S/C26H44O9/c1-16(13-23(30)33-11-9-7-5-4-6-8-10-22(28)29)12-20-25(32)24(31)19(15-34-20)14-21-26(35-21)17(2)18(3)27/h13,17-21,24-27,31-32H,4-12,14-15H2,1-3H3,(H,28,29)/b16-13+/t17-,18?,19-,20?,21-,24?,25?,26-/m0/s1. The maximum Gasteiger partial charge on any atom is 0.330 e. The first-order chi connectivity index (χ1) is 16.6. The predicted molar refractivity (Wildman–Crippen MR) is 129 cm³/mol. The van der Waals surface area contributed by atoms with Gasteiger partial charge in [0.05, 0.1) is 43.7 Å². The average Bonchev–Trinajstić information content (AvgIpc) is 3.55. The Morgan fingerprint density at radius 1 is 1.03 bits per heavy atom. The van der Waals surface area contributed by atoms with E-state index < -0.39 is 36.4 Å². The topological polar surface area (TPSA) is 146 Å². The Labute approximate surface area is 208 Å². The van der Waals surface area contributed by atoms with Crippen molar-refractivity contribution in [3.8, 4) is 0 Å². The Bertz CT molecular complexity index is 692. The van der Waals surface area contributed by atoms with Crippen molar-refractivity contribution in [3.05, 3.63) is 11.6 Å². The molecule has 0 saturated carbocycles. The number of unbranched alkanes of at least 4 members (excludes halogenated alkanes) is 5. The van der Waals surface area contributed by atoms with E-state index in [1.807, 2.05) is 6.92 Å². The van der Waals surface area contributed by atoms with Gasteiger partial charge in [-0.2, -0.15) is 0 Å². The van der Waals surface area contributed by atoms with Crippen LogP contribution < -0.4 is 0 Å². The van der Waals surface area contributed by atoms with Gasteiger partial charge in [-0.05, 0) is 39.5 Å². The van der Waals surface area contributed by atoms with E-state index in [1.54, 1.807) is 13.8 Å². The molecule has 202 valence electrons. The summed E-state index contributed by atoms with van der Waals surface area (Å²) in [5, 5.41) is 39.5. The van der Waals surface area contributed by atoms with Crippen molar-refractivity contribution in [3.63, 3.8) is 0 Å². The number of carboxylic acid groups (broad SMARTS) is 1. The molecule has 2 aliphatic rings. The van der Waals surface area contributed by atoms with Gasteiger partial charge in [0.15, 0.2) is 0 Å². The van der Waals surface area contributed by atoms with Crippen LogP contribution in [0.2, 0.25) is 0 Å². The summed E-state index contributed by atoms with van der Waals surface area (Å²) in [6.07, 6.45) is 4.61. The van der Waals surface area contributed by atoms with Crippen LogP contribution in [0.15, 0.2) is 11.6 Å². The second-order valence-electron chi connectivity index (χ2n) is 10.2.